The van der Waals surface area contributed by atoms with Crippen molar-refractivity contribution in [3.63, 3.8) is 0 Å². The molecule has 98 valence electrons. The van der Waals surface area contributed by atoms with Crippen molar-refractivity contribution in [1.29, 1.82) is 0 Å². The molecule has 1 aliphatic rings. The number of thioether (sulfide) groups is 1. The van der Waals surface area contributed by atoms with E-state index in [9.17, 15) is 9.18 Å². The van der Waals surface area contributed by atoms with Gasteiger partial charge in [-0.25, -0.2) is 14.4 Å². The molecule has 0 unspecified atom stereocenters. The molecule has 0 saturated heterocycles. The Morgan fingerprint density at radius 3 is 3.00 bits per heavy atom. The molecule has 0 bridgehead atoms. The third-order valence-corrected chi connectivity index (χ3v) is 4.27. The molecule has 7 heteroatoms. The first-order valence-corrected chi connectivity index (χ1v) is 6.51. The molecule has 2 N–H and O–H groups in total. The molecule has 1 aromatic heterocycles. The van der Waals surface area contributed by atoms with Crippen LogP contribution in [0.3, 0.4) is 0 Å². The second-order valence-corrected chi connectivity index (χ2v) is 5.39. The maximum absolute atomic E-state index is 13.4. The van der Waals surface area contributed by atoms with Crippen LogP contribution in [0, 0.1) is 11.2 Å². The van der Waals surface area contributed by atoms with Gasteiger partial charge in [0.15, 0.2) is 5.82 Å². The average molecular weight is 271 g/mol. The number of ether oxygens (including phenoxy) is 1. The summed E-state index contributed by atoms with van der Waals surface area (Å²) in [5.74, 6) is -0.0225. The highest BCUT2D eigenvalue weighted by Gasteiger charge is 2.44. The van der Waals surface area contributed by atoms with Crippen molar-refractivity contribution >= 4 is 23.7 Å². The number of nitrogens with zero attached hydrogens (tertiary/aromatic N) is 2. The van der Waals surface area contributed by atoms with Crippen LogP contribution in [0.5, 0.6) is 0 Å². The van der Waals surface area contributed by atoms with Crippen LogP contribution in [-0.4, -0.2) is 28.8 Å². The van der Waals surface area contributed by atoms with Crippen molar-refractivity contribution in [1.82, 2.24) is 9.97 Å². The van der Waals surface area contributed by atoms with E-state index in [0.29, 0.717) is 12.2 Å². The molecule has 1 aromatic rings. The number of hydrogen-bond acceptors (Lipinski definition) is 6. The summed E-state index contributed by atoms with van der Waals surface area (Å²) in [6, 6.07) is 0. The summed E-state index contributed by atoms with van der Waals surface area (Å²) in [6.45, 7) is 0. The van der Waals surface area contributed by atoms with E-state index < -0.39 is 5.82 Å². The van der Waals surface area contributed by atoms with Crippen molar-refractivity contribution in [3.05, 3.63) is 12.0 Å². The molecule has 5 nitrogen and oxygen atoms in total. The number of carbonyl (C=O) groups excluding carboxylic acids is 1. The largest absolute Gasteiger partial charge is 0.469 e. The minimum absolute atomic E-state index is 0.0525. The van der Waals surface area contributed by atoms with Crippen molar-refractivity contribution in [2.75, 3.05) is 18.6 Å². The minimum atomic E-state index is -0.483. The fraction of sp³-hybridized carbons (Fsp3) is 0.545. The second-order valence-electron chi connectivity index (χ2n) is 4.42. The van der Waals surface area contributed by atoms with E-state index in [2.05, 4.69) is 14.7 Å². The van der Waals surface area contributed by atoms with Crippen LogP contribution in [0.25, 0.3) is 0 Å². The molecule has 2 rings (SSSR count). The monoisotopic (exact) mass is 271 g/mol. The lowest BCUT2D eigenvalue weighted by molar-refractivity contribution is -0.141. The molecule has 0 aromatic carbocycles. The smallest absolute Gasteiger partial charge is 0.306 e. The number of rotatable bonds is 5. The summed E-state index contributed by atoms with van der Waals surface area (Å²) in [5, 5.41) is 0.235. The van der Waals surface area contributed by atoms with E-state index in [1.54, 1.807) is 0 Å². The van der Waals surface area contributed by atoms with E-state index in [1.165, 1.54) is 18.9 Å². The summed E-state index contributed by atoms with van der Waals surface area (Å²) < 4.78 is 18.1. The van der Waals surface area contributed by atoms with E-state index >= 15 is 0 Å². The Kier molecular flexibility index (Phi) is 3.70. The first-order chi connectivity index (χ1) is 8.54. The number of aromatic nitrogens is 2. The van der Waals surface area contributed by atoms with Crippen LogP contribution in [0.2, 0.25) is 0 Å². The van der Waals surface area contributed by atoms with Gasteiger partial charge in [0.2, 0.25) is 5.95 Å². The molecule has 1 aliphatic carbocycles. The van der Waals surface area contributed by atoms with Gasteiger partial charge in [-0.15, -0.1) is 11.8 Å². The molecule has 0 amide bonds. The lowest BCUT2D eigenvalue weighted by Gasteiger charge is -2.12. The third kappa shape index (κ3) is 3.10. The van der Waals surface area contributed by atoms with Crippen molar-refractivity contribution in [2.45, 2.75) is 24.3 Å². The van der Waals surface area contributed by atoms with Gasteiger partial charge in [-0.05, 0) is 18.3 Å². The number of halogens is 1. The van der Waals surface area contributed by atoms with Crippen LogP contribution < -0.4 is 5.73 Å². The molecule has 0 atom stereocenters. The molecule has 1 heterocycles. The molecule has 1 saturated carbocycles. The number of hydrogen-bond donors (Lipinski definition) is 1. The maximum Gasteiger partial charge on any atom is 0.306 e. The Bertz CT molecular complexity index is 466. The number of methoxy groups -OCH3 is 1. The highest BCUT2D eigenvalue weighted by molar-refractivity contribution is 7.99. The molecule has 0 radical (unpaired) electrons. The molecular weight excluding hydrogens is 257 g/mol. The van der Waals surface area contributed by atoms with Gasteiger partial charge < -0.3 is 10.5 Å². The lowest BCUT2D eigenvalue weighted by Crippen LogP contribution is -2.13. The number of nitrogens with two attached hydrogens (primary N) is 1. The van der Waals surface area contributed by atoms with Gasteiger partial charge in [0.25, 0.3) is 0 Å². The quantitative estimate of drug-likeness (QED) is 0.498. The predicted molar refractivity (Wildman–Crippen MR) is 65.4 cm³/mol. The van der Waals surface area contributed by atoms with Gasteiger partial charge in [0.1, 0.15) is 5.03 Å². The molecule has 1 fully saturated rings. The molecule has 0 spiro atoms. The number of carbonyl (C=O) groups is 1. The van der Waals surface area contributed by atoms with E-state index in [0.717, 1.165) is 19.0 Å². The van der Waals surface area contributed by atoms with Crippen molar-refractivity contribution in [3.8, 4) is 0 Å². The van der Waals surface area contributed by atoms with Gasteiger partial charge in [0, 0.05) is 5.75 Å². The average Bonchev–Trinajstić information content (AvgIpc) is 3.10. The maximum atomic E-state index is 13.4. The zero-order chi connectivity index (χ0) is 13.2. The van der Waals surface area contributed by atoms with Crippen LogP contribution in [0.15, 0.2) is 11.2 Å². The highest BCUT2D eigenvalue weighted by atomic mass is 32.2. The first-order valence-electron chi connectivity index (χ1n) is 5.52. The van der Waals surface area contributed by atoms with Crippen LogP contribution in [-0.2, 0) is 9.53 Å². The summed E-state index contributed by atoms with van der Waals surface area (Å²) >= 11 is 1.27. The second kappa shape index (κ2) is 5.09. The Hall–Kier alpha value is -1.37. The molecule has 18 heavy (non-hydrogen) atoms. The molecular formula is C11H14FN3O2S. The summed E-state index contributed by atoms with van der Waals surface area (Å²) in [7, 11) is 1.37. The van der Waals surface area contributed by atoms with Crippen LogP contribution >= 0.6 is 11.8 Å². The van der Waals surface area contributed by atoms with Gasteiger partial charge in [0.05, 0.1) is 19.7 Å². The van der Waals surface area contributed by atoms with E-state index in [4.69, 9.17) is 5.73 Å². The SMILES string of the molecule is COC(=O)CC1(CSc2nc(N)ncc2F)CC1. The predicted octanol–water partition coefficient (Wildman–Crippen LogP) is 1.63. The zero-order valence-electron chi connectivity index (χ0n) is 9.98. The Labute approximate surface area is 108 Å². The molecule has 0 aliphatic heterocycles. The Morgan fingerprint density at radius 1 is 1.67 bits per heavy atom. The summed E-state index contributed by atoms with van der Waals surface area (Å²) in [6.07, 6.45) is 3.35. The fourth-order valence-electron chi connectivity index (χ4n) is 1.61. The van der Waals surface area contributed by atoms with Crippen molar-refractivity contribution < 1.29 is 13.9 Å². The van der Waals surface area contributed by atoms with Crippen molar-refractivity contribution in [2.24, 2.45) is 5.41 Å². The van der Waals surface area contributed by atoms with Crippen LogP contribution in [0.4, 0.5) is 10.3 Å². The first kappa shape index (κ1) is 13.1. The number of esters is 1. The zero-order valence-corrected chi connectivity index (χ0v) is 10.8. The third-order valence-electron chi connectivity index (χ3n) is 2.95. The van der Waals surface area contributed by atoms with Crippen LogP contribution in [0.1, 0.15) is 19.3 Å². The fourth-order valence-corrected chi connectivity index (χ4v) is 2.80. The van der Waals surface area contributed by atoms with Gasteiger partial charge >= 0.3 is 5.97 Å². The van der Waals surface area contributed by atoms with E-state index in [1.807, 2.05) is 0 Å². The number of anilines is 1. The summed E-state index contributed by atoms with van der Waals surface area (Å²) in [4.78, 5) is 18.7. The Morgan fingerprint density at radius 2 is 2.39 bits per heavy atom. The normalized spacial score (nSPS) is 16.3. The number of nitrogen functional groups attached to an aromatic ring is 1. The van der Waals surface area contributed by atoms with Gasteiger partial charge in [-0.3, -0.25) is 4.79 Å². The summed E-state index contributed by atoms with van der Waals surface area (Å²) in [5.41, 5.74) is 5.34. The van der Waals surface area contributed by atoms with Gasteiger partial charge in [-0.2, -0.15) is 0 Å². The van der Waals surface area contributed by atoms with Gasteiger partial charge in [-0.1, -0.05) is 0 Å². The standard InChI is InChI=1S/C11H14FN3O2S/c1-17-8(16)4-11(2-3-11)6-18-9-7(12)5-14-10(13)15-9/h5H,2-4,6H2,1H3,(H2,13,14,15). The topological polar surface area (TPSA) is 78.1 Å². The minimum Gasteiger partial charge on any atom is -0.469 e. The Balaban J connectivity index is 1.95. The highest BCUT2D eigenvalue weighted by Crippen LogP contribution is 2.52. The lowest BCUT2D eigenvalue weighted by atomic mass is 10.1. The van der Waals surface area contributed by atoms with E-state index in [-0.39, 0.29) is 22.4 Å².